The van der Waals surface area contributed by atoms with Crippen LogP contribution in [0.1, 0.15) is 102 Å². The Morgan fingerprint density at radius 2 is 1.29 bits per heavy atom. The van der Waals surface area contributed by atoms with E-state index in [1.54, 1.807) is 0 Å². The molecule has 0 unspecified atom stereocenters. The van der Waals surface area contributed by atoms with E-state index in [0.29, 0.717) is 0 Å². The highest BCUT2D eigenvalue weighted by Crippen LogP contribution is 2.10. The minimum absolute atomic E-state index is 1.05. The van der Waals surface area contributed by atoms with Crippen molar-refractivity contribution in [2.75, 3.05) is 18.8 Å². The van der Waals surface area contributed by atoms with Crippen molar-refractivity contribution < 1.29 is 4.57 Å². The van der Waals surface area contributed by atoms with Crippen LogP contribution >= 0.6 is 12.6 Å². The molecule has 0 amide bonds. The number of thiol groups is 1. The fraction of sp³-hybridized carbons (Fsp3) is 0.800. The van der Waals surface area contributed by atoms with Gasteiger partial charge >= 0.3 is 0 Å². The Labute approximate surface area is 181 Å². The molecular weight excluding hydrogens is 360 g/mol. The average Bonchev–Trinajstić information content (AvgIpc) is 2.72. The maximum absolute atomic E-state index is 4.27. The Morgan fingerprint density at radius 1 is 0.714 bits per heavy atom. The summed E-state index contributed by atoms with van der Waals surface area (Å²) in [5, 5.41) is 3.48. The molecule has 0 spiro atoms. The maximum Gasteiger partial charge on any atom is 0.169 e. The highest BCUT2D eigenvalue weighted by molar-refractivity contribution is 7.80. The van der Waals surface area contributed by atoms with Crippen molar-refractivity contribution in [2.45, 2.75) is 110 Å². The van der Waals surface area contributed by atoms with Crippen molar-refractivity contribution in [1.29, 1.82) is 0 Å². The number of nitrogens with one attached hydrogen (secondary N) is 1. The Kier molecular flexibility index (Phi) is 18.0. The van der Waals surface area contributed by atoms with Gasteiger partial charge in [-0.2, -0.15) is 12.6 Å². The van der Waals surface area contributed by atoms with Gasteiger partial charge in [0.05, 0.1) is 0 Å². The van der Waals surface area contributed by atoms with Crippen LogP contribution in [0.5, 0.6) is 0 Å². The summed E-state index contributed by atoms with van der Waals surface area (Å²) < 4.78 is 2.36. The molecule has 0 aromatic carbocycles. The molecule has 28 heavy (non-hydrogen) atoms. The van der Waals surface area contributed by atoms with E-state index in [1.165, 1.54) is 122 Å². The standard InChI is InChI=1S/C25H46N2S/c1-2-19-26-20-13-9-8-12-16-25-17-22-27(23-18-25)21-14-10-6-4-3-5-7-11-15-24-28/h17-18,22-23,26H,2-16,19-21,24H2,1H3/p+1. The Bertz CT molecular complexity index is 433. The molecule has 1 aromatic rings. The molecule has 0 fully saturated rings. The molecule has 0 atom stereocenters. The summed E-state index contributed by atoms with van der Waals surface area (Å²) in [4.78, 5) is 0. The van der Waals surface area contributed by atoms with Crippen LogP contribution in [-0.2, 0) is 13.0 Å². The smallest absolute Gasteiger partial charge is 0.169 e. The van der Waals surface area contributed by atoms with Crippen LogP contribution in [0.15, 0.2) is 24.5 Å². The highest BCUT2D eigenvalue weighted by atomic mass is 32.1. The topological polar surface area (TPSA) is 15.9 Å². The lowest BCUT2D eigenvalue weighted by Gasteiger charge is -2.04. The lowest BCUT2D eigenvalue weighted by atomic mass is 10.1. The van der Waals surface area contributed by atoms with Crippen molar-refractivity contribution in [3.8, 4) is 0 Å². The van der Waals surface area contributed by atoms with Crippen molar-refractivity contribution in [2.24, 2.45) is 0 Å². The minimum Gasteiger partial charge on any atom is -0.317 e. The van der Waals surface area contributed by atoms with Gasteiger partial charge in [-0.05, 0) is 62.9 Å². The molecule has 2 nitrogen and oxygen atoms in total. The van der Waals surface area contributed by atoms with E-state index in [1.807, 2.05) is 0 Å². The third kappa shape index (κ3) is 15.4. The first-order chi connectivity index (χ1) is 13.9. The lowest BCUT2D eigenvalue weighted by Crippen LogP contribution is -2.32. The number of pyridine rings is 1. The van der Waals surface area contributed by atoms with Gasteiger partial charge in [0, 0.05) is 18.6 Å². The maximum atomic E-state index is 4.27. The number of hydrogen-bond acceptors (Lipinski definition) is 2. The van der Waals surface area contributed by atoms with Crippen LogP contribution in [-0.4, -0.2) is 18.8 Å². The highest BCUT2D eigenvalue weighted by Gasteiger charge is 2.02. The second-order valence-corrected chi connectivity index (χ2v) is 8.71. The predicted octanol–water partition coefficient (Wildman–Crippen LogP) is 6.52. The molecule has 162 valence electrons. The zero-order valence-corrected chi connectivity index (χ0v) is 19.5. The number of aromatic nitrogens is 1. The van der Waals surface area contributed by atoms with Gasteiger partial charge in [-0.15, -0.1) is 0 Å². The number of aryl methyl sites for hydroxylation is 2. The lowest BCUT2D eigenvalue weighted by molar-refractivity contribution is -0.697. The van der Waals surface area contributed by atoms with Crippen molar-refractivity contribution >= 4 is 12.6 Å². The van der Waals surface area contributed by atoms with Crippen LogP contribution < -0.4 is 9.88 Å². The molecule has 0 radical (unpaired) electrons. The molecule has 1 N–H and O–H groups in total. The van der Waals surface area contributed by atoms with E-state index in [0.717, 1.165) is 5.75 Å². The van der Waals surface area contributed by atoms with E-state index < -0.39 is 0 Å². The van der Waals surface area contributed by atoms with Crippen molar-refractivity contribution in [3.63, 3.8) is 0 Å². The van der Waals surface area contributed by atoms with Crippen LogP contribution in [0.3, 0.4) is 0 Å². The summed E-state index contributed by atoms with van der Waals surface area (Å²) in [7, 11) is 0. The molecule has 1 rings (SSSR count). The molecule has 1 heterocycles. The first-order valence-corrected chi connectivity index (χ1v) is 12.8. The predicted molar refractivity (Wildman–Crippen MR) is 127 cm³/mol. The quantitative estimate of drug-likeness (QED) is 0.143. The first kappa shape index (κ1) is 25.5. The van der Waals surface area contributed by atoms with Gasteiger partial charge < -0.3 is 5.32 Å². The van der Waals surface area contributed by atoms with Crippen LogP contribution in [0, 0.1) is 0 Å². The fourth-order valence-corrected chi connectivity index (χ4v) is 3.91. The molecule has 0 saturated carbocycles. The molecule has 1 aromatic heterocycles. The monoisotopic (exact) mass is 407 g/mol. The first-order valence-electron chi connectivity index (χ1n) is 12.2. The van der Waals surface area contributed by atoms with Crippen molar-refractivity contribution in [3.05, 3.63) is 30.1 Å². The third-order valence-electron chi connectivity index (χ3n) is 5.53. The summed E-state index contributed by atoms with van der Waals surface area (Å²) in [5.74, 6) is 1.05. The molecule has 0 aliphatic rings. The summed E-state index contributed by atoms with van der Waals surface area (Å²) in [6, 6.07) is 4.65. The van der Waals surface area contributed by atoms with E-state index in [9.17, 15) is 0 Å². The summed E-state index contributed by atoms with van der Waals surface area (Å²) in [6.45, 7) is 5.76. The molecule has 0 bridgehead atoms. The molecule has 0 aliphatic heterocycles. The van der Waals surface area contributed by atoms with Gasteiger partial charge in [-0.3, -0.25) is 0 Å². The molecule has 3 heteroatoms. The van der Waals surface area contributed by atoms with E-state index in [2.05, 4.69) is 54.0 Å². The minimum atomic E-state index is 1.05. The van der Waals surface area contributed by atoms with Crippen LogP contribution in [0.2, 0.25) is 0 Å². The number of unbranched alkanes of at least 4 members (excludes halogenated alkanes) is 11. The SMILES string of the molecule is CCCNCCCCCCc1cc[n+](CCCCCCCCCCCS)cc1. The number of hydrogen-bond donors (Lipinski definition) is 2. The normalized spacial score (nSPS) is 11.2. The third-order valence-corrected chi connectivity index (χ3v) is 5.85. The summed E-state index contributed by atoms with van der Waals surface area (Å²) in [6.07, 6.45) is 24.8. The van der Waals surface area contributed by atoms with Gasteiger partial charge in [-0.25, -0.2) is 4.57 Å². The molecule has 0 aliphatic carbocycles. The number of nitrogens with zero attached hydrogens (tertiary/aromatic N) is 1. The van der Waals surface area contributed by atoms with Gasteiger partial charge in [0.25, 0.3) is 0 Å². The Hall–Kier alpha value is -0.540. The zero-order valence-electron chi connectivity index (χ0n) is 18.6. The molecular formula is C25H47N2S+. The van der Waals surface area contributed by atoms with E-state index in [-0.39, 0.29) is 0 Å². The largest absolute Gasteiger partial charge is 0.317 e. The second-order valence-electron chi connectivity index (χ2n) is 8.26. The summed E-state index contributed by atoms with van der Waals surface area (Å²) >= 11 is 4.27. The second kappa shape index (κ2) is 19.8. The fourth-order valence-electron chi connectivity index (χ4n) is 3.68. The number of rotatable bonds is 20. The van der Waals surface area contributed by atoms with Gasteiger partial charge in [0.2, 0.25) is 0 Å². The molecule has 0 saturated heterocycles. The van der Waals surface area contributed by atoms with Crippen LogP contribution in [0.25, 0.3) is 0 Å². The average molecular weight is 408 g/mol. The Morgan fingerprint density at radius 3 is 1.93 bits per heavy atom. The van der Waals surface area contributed by atoms with Gasteiger partial charge in [0.1, 0.15) is 6.54 Å². The zero-order chi connectivity index (χ0) is 20.1. The van der Waals surface area contributed by atoms with E-state index in [4.69, 9.17) is 0 Å². The Balaban J connectivity index is 1.94. The van der Waals surface area contributed by atoms with Gasteiger partial charge in [-0.1, -0.05) is 58.3 Å². The van der Waals surface area contributed by atoms with E-state index >= 15 is 0 Å². The summed E-state index contributed by atoms with van der Waals surface area (Å²) in [5.41, 5.74) is 1.50. The van der Waals surface area contributed by atoms with Crippen LogP contribution in [0.4, 0.5) is 0 Å². The van der Waals surface area contributed by atoms with Crippen molar-refractivity contribution in [1.82, 2.24) is 5.32 Å². The van der Waals surface area contributed by atoms with Gasteiger partial charge in [0.15, 0.2) is 12.4 Å².